The van der Waals surface area contributed by atoms with Crippen molar-refractivity contribution >= 4 is 11.8 Å². The molecule has 0 saturated heterocycles. The third-order valence-corrected chi connectivity index (χ3v) is 4.89. The molecule has 3 aromatic rings. The minimum absolute atomic E-state index is 0.168. The molecule has 1 aliphatic rings. The van der Waals surface area contributed by atoms with Crippen molar-refractivity contribution in [2.45, 2.75) is 19.9 Å². The van der Waals surface area contributed by atoms with Crippen LogP contribution in [-0.4, -0.2) is 51.6 Å². The van der Waals surface area contributed by atoms with Gasteiger partial charge in [-0.3, -0.25) is 9.59 Å². The highest BCUT2D eigenvalue weighted by molar-refractivity contribution is 5.94. The van der Waals surface area contributed by atoms with Crippen LogP contribution in [0.25, 0.3) is 11.4 Å². The standard InChI is InChI=1S/C20H21N5O3/c1-13-12-15(23-28-13)20(27)24-9-8-16-17(19(26)21-2)22-18(25(16)11-10-24)14-6-4-3-5-7-14/h3-7,12H,8-11H2,1-2H3,(H,21,26). The van der Waals surface area contributed by atoms with Crippen LogP contribution < -0.4 is 5.32 Å². The van der Waals surface area contributed by atoms with Gasteiger partial charge in [-0.1, -0.05) is 35.5 Å². The molecule has 2 aromatic heterocycles. The van der Waals surface area contributed by atoms with Crippen LogP contribution in [0.1, 0.15) is 32.4 Å². The van der Waals surface area contributed by atoms with Crippen LogP contribution in [0.15, 0.2) is 40.9 Å². The van der Waals surface area contributed by atoms with Crippen LogP contribution in [0.5, 0.6) is 0 Å². The zero-order valence-corrected chi connectivity index (χ0v) is 15.8. The number of hydrogen-bond donors (Lipinski definition) is 1. The molecule has 0 spiro atoms. The predicted octanol–water partition coefficient (Wildman–Crippen LogP) is 1.90. The monoisotopic (exact) mass is 379 g/mol. The zero-order valence-electron chi connectivity index (χ0n) is 15.8. The van der Waals surface area contributed by atoms with Gasteiger partial charge in [0.25, 0.3) is 11.8 Å². The minimum Gasteiger partial charge on any atom is -0.361 e. The number of aryl methyl sites for hydroxylation is 1. The number of imidazole rings is 1. The maximum atomic E-state index is 12.8. The summed E-state index contributed by atoms with van der Waals surface area (Å²) in [5.74, 6) is 0.943. The van der Waals surface area contributed by atoms with Crippen molar-refractivity contribution in [2.24, 2.45) is 0 Å². The zero-order chi connectivity index (χ0) is 19.7. The summed E-state index contributed by atoms with van der Waals surface area (Å²) in [6.07, 6.45) is 0.533. The van der Waals surface area contributed by atoms with Gasteiger partial charge in [0, 0.05) is 44.7 Å². The second-order valence-corrected chi connectivity index (χ2v) is 6.69. The highest BCUT2D eigenvalue weighted by atomic mass is 16.5. The van der Waals surface area contributed by atoms with Gasteiger partial charge in [-0.05, 0) is 6.92 Å². The van der Waals surface area contributed by atoms with E-state index in [-0.39, 0.29) is 11.8 Å². The average molecular weight is 379 g/mol. The van der Waals surface area contributed by atoms with Gasteiger partial charge in [0.05, 0.1) is 5.69 Å². The van der Waals surface area contributed by atoms with Crippen molar-refractivity contribution in [1.82, 2.24) is 24.9 Å². The lowest BCUT2D eigenvalue weighted by Gasteiger charge is -2.18. The largest absolute Gasteiger partial charge is 0.361 e. The minimum atomic E-state index is -0.224. The molecule has 0 unspecified atom stereocenters. The number of hydrogen-bond acceptors (Lipinski definition) is 5. The normalized spacial score (nSPS) is 13.7. The van der Waals surface area contributed by atoms with Gasteiger partial charge in [0.2, 0.25) is 0 Å². The Morgan fingerprint density at radius 1 is 1.14 bits per heavy atom. The molecule has 2 amide bonds. The number of benzene rings is 1. The molecular weight excluding hydrogens is 358 g/mol. The summed E-state index contributed by atoms with van der Waals surface area (Å²) >= 11 is 0. The lowest BCUT2D eigenvalue weighted by molar-refractivity contribution is 0.0748. The van der Waals surface area contributed by atoms with Gasteiger partial charge >= 0.3 is 0 Å². The Morgan fingerprint density at radius 2 is 1.93 bits per heavy atom. The van der Waals surface area contributed by atoms with Gasteiger partial charge in [-0.2, -0.15) is 0 Å². The molecule has 4 rings (SSSR count). The molecule has 1 N–H and O–H groups in total. The van der Waals surface area contributed by atoms with Crippen LogP contribution in [0.4, 0.5) is 0 Å². The fraction of sp³-hybridized carbons (Fsp3) is 0.300. The van der Waals surface area contributed by atoms with E-state index in [9.17, 15) is 9.59 Å². The van der Waals surface area contributed by atoms with Gasteiger partial charge in [0.1, 0.15) is 17.3 Å². The van der Waals surface area contributed by atoms with E-state index in [4.69, 9.17) is 4.52 Å². The topological polar surface area (TPSA) is 93.3 Å². The fourth-order valence-electron chi connectivity index (χ4n) is 3.49. The van der Waals surface area contributed by atoms with Crippen molar-refractivity contribution < 1.29 is 14.1 Å². The van der Waals surface area contributed by atoms with Gasteiger partial charge in [-0.25, -0.2) is 4.98 Å². The van der Waals surface area contributed by atoms with E-state index in [1.165, 1.54) is 0 Å². The van der Waals surface area contributed by atoms with E-state index in [0.717, 1.165) is 17.1 Å². The highest BCUT2D eigenvalue weighted by Crippen LogP contribution is 2.25. The third kappa shape index (κ3) is 3.17. The molecule has 3 heterocycles. The summed E-state index contributed by atoms with van der Waals surface area (Å²) in [6, 6.07) is 11.4. The summed E-state index contributed by atoms with van der Waals surface area (Å²) < 4.78 is 7.07. The Balaban J connectivity index is 1.68. The number of fused-ring (bicyclic) bond motifs is 1. The molecule has 144 valence electrons. The Hall–Kier alpha value is -3.42. The van der Waals surface area contributed by atoms with E-state index in [1.807, 2.05) is 34.9 Å². The van der Waals surface area contributed by atoms with Gasteiger partial charge in [-0.15, -0.1) is 0 Å². The predicted molar refractivity (Wildman–Crippen MR) is 102 cm³/mol. The van der Waals surface area contributed by atoms with E-state index < -0.39 is 0 Å². The van der Waals surface area contributed by atoms with Crippen molar-refractivity contribution in [3.8, 4) is 11.4 Å². The Kier molecular flexibility index (Phi) is 4.68. The lowest BCUT2D eigenvalue weighted by atomic mass is 10.2. The maximum Gasteiger partial charge on any atom is 0.276 e. The molecule has 1 aromatic carbocycles. The van der Waals surface area contributed by atoms with Gasteiger partial charge in [0.15, 0.2) is 5.69 Å². The quantitative estimate of drug-likeness (QED) is 0.750. The van der Waals surface area contributed by atoms with Crippen molar-refractivity contribution in [3.63, 3.8) is 0 Å². The number of amides is 2. The summed E-state index contributed by atoms with van der Waals surface area (Å²) in [6.45, 7) is 3.28. The van der Waals surface area contributed by atoms with Crippen molar-refractivity contribution in [2.75, 3.05) is 20.1 Å². The van der Waals surface area contributed by atoms with E-state index in [1.54, 1.807) is 24.9 Å². The first kappa shape index (κ1) is 18.0. The Morgan fingerprint density at radius 3 is 2.61 bits per heavy atom. The SMILES string of the molecule is CNC(=O)c1nc(-c2ccccc2)n2c1CCN(C(=O)c1cc(C)on1)CC2. The van der Waals surface area contributed by atoms with Crippen molar-refractivity contribution in [3.05, 3.63) is 59.2 Å². The first-order chi connectivity index (χ1) is 13.6. The third-order valence-electron chi connectivity index (χ3n) is 4.89. The number of aromatic nitrogens is 3. The number of carbonyl (C=O) groups excluding carboxylic acids is 2. The summed E-state index contributed by atoms with van der Waals surface area (Å²) in [5, 5.41) is 6.49. The molecular formula is C20H21N5O3. The number of nitrogens with one attached hydrogen (secondary N) is 1. The Bertz CT molecular complexity index is 1020. The molecule has 0 atom stereocenters. The maximum absolute atomic E-state index is 12.8. The highest BCUT2D eigenvalue weighted by Gasteiger charge is 2.28. The van der Waals surface area contributed by atoms with Gasteiger partial charge < -0.3 is 19.3 Å². The van der Waals surface area contributed by atoms with Crippen LogP contribution in [-0.2, 0) is 13.0 Å². The molecule has 0 aliphatic carbocycles. The first-order valence-electron chi connectivity index (χ1n) is 9.18. The first-order valence-corrected chi connectivity index (χ1v) is 9.18. The average Bonchev–Trinajstić information content (AvgIpc) is 3.25. The second kappa shape index (κ2) is 7.30. The molecule has 28 heavy (non-hydrogen) atoms. The van der Waals surface area contributed by atoms with Crippen molar-refractivity contribution in [1.29, 1.82) is 0 Å². The smallest absolute Gasteiger partial charge is 0.276 e. The second-order valence-electron chi connectivity index (χ2n) is 6.69. The summed E-state index contributed by atoms with van der Waals surface area (Å²) in [4.78, 5) is 31.5. The molecule has 0 fully saturated rings. The van der Waals surface area contributed by atoms with Crippen LogP contribution in [0.2, 0.25) is 0 Å². The van der Waals surface area contributed by atoms with E-state index in [2.05, 4.69) is 15.5 Å². The van der Waals surface area contributed by atoms with Crippen LogP contribution >= 0.6 is 0 Å². The molecule has 0 bridgehead atoms. The van der Waals surface area contributed by atoms with E-state index in [0.29, 0.717) is 43.2 Å². The summed E-state index contributed by atoms with van der Waals surface area (Å²) in [7, 11) is 1.59. The van der Waals surface area contributed by atoms with Crippen LogP contribution in [0, 0.1) is 6.92 Å². The fourth-order valence-corrected chi connectivity index (χ4v) is 3.49. The summed E-state index contributed by atoms with van der Waals surface area (Å²) in [5.41, 5.74) is 2.49. The molecule has 0 saturated carbocycles. The molecule has 8 heteroatoms. The molecule has 8 nitrogen and oxygen atoms in total. The molecule has 1 aliphatic heterocycles. The van der Waals surface area contributed by atoms with Crippen LogP contribution in [0.3, 0.4) is 0 Å². The Labute approximate surface area is 162 Å². The lowest BCUT2D eigenvalue weighted by Crippen LogP contribution is -2.34. The number of nitrogens with zero attached hydrogens (tertiary/aromatic N) is 4. The number of rotatable bonds is 3. The number of carbonyl (C=O) groups is 2. The van der Waals surface area contributed by atoms with E-state index >= 15 is 0 Å². The molecule has 0 radical (unpaired) electrons.